The van der Waals surface area contributed by atoms with E-state index in [1.165, 1.54) is 11.3 Å². The second-order valence-electron chi connectivity index (χ2n) is 8.21. The normalized spacial score (nSPS) is 15.9. The summed E-state index contributed by atoms with van der Waals surface area (Å²) in [4.78, 5) is 4.73. The fourth-order valence-electron chi connectivity index (χ4n) is 4.23. The molecule has 166 valence electrons. The number of β-amino-alcohol motifs (C(OH)–C–C–N with tert-alkyl or cyclic N) is 1. The Bertz CT molecular complexity index is 1180. The molecule has 0 aliphatic carbocycles. The summed E-state index contributed by atoms with van der Waals surface area (Å²) in [6.07, 6.45) is -0.542. The van der Waals surface area contributed by atoms with Crippen LogP contribution in [-0.4, -0.2) is 60.6 Å². The molecule has 4 aromatic rings. The van der Waals surface area contributed by atoms with Gasteiger partial charge in [0.25, 0.3) is 0 Å². The van der Waals surface area contributed by atoms with E-state index in [-0.39, 0.29) is 6.61 Å². The Labute approximate surface area is 191 Å². The molecule has 1 aliphatic rings. The van der Waals surface area contributed by atoms with Crippen LogP contribution >= 0.6 is 11.3 Å². The van der Waals surface area contributed by atoms with Crippen molar-refractivity contribution in [3.63, 3.8) is 0 Å². The number of piperazine rings is 1. The van der Waals surface area contributed by atoms with E-state index in [9.17, 15) is 5.11 Å². The van der Waals surface area contributed by atoms with E-state index in [0.717, 1.165) is 53.5 Å². The van der Waals surface area contributed by atoms with Gasteiger partial charge in [0.15, 0.2) is 5.58 Å². The number of fused-ring (bicyclic) bond motifs is 1. The SMILES string of the molecule is Cc1ccccc1N1CCN(C[C@@H](O)COc2cccc(-c3noc4ccsc34)c2)CC1. The van der Waals surface area contributed by atoms with Crippen LogP contribution in [0.5, 0.6) is 5.75 Å². The van der Waals surface area contributed by atoms with Gasteiger partial charge in [-0.3, -0.25) is 4.90 Å². The Morgan fingerprint density at radius 3 is 2.78 bits per heavy atom. The molecule has 0 radical (unpaired) electrons. The van der Waals surface area contributed by atoms with Gasteiger partial charge >= 0.3 is 0 Å². The standard InChI is InChI=1S/C25H27N3O3S/c1-18-5-2-3-8-22(18)28-12-10-27(11-13-28)16-20(29)17-30-21-7-4-6-19(15-21)24-25-23(31-26-24)9-14-32-25/h2-9,14-15,20,29H,10-13,16-17H2,1H3/t20-/m1/s1. The van der Waals surface area contributed by atoms with Crippen LogP contribution in [0.15, 0.2) is 64.5 Å². The first-order chi connectivity index (χ1) is 15.7. The van der Waals surface area contributed by atoms with E-state index >= 15 is 0 Å². The molecule has 7 heteroatoms. The van der Waals surface area contributed by atoms with Crippen molar-refractivity contribution in [2.45, 2.75) is 13.0 Å². The number of thiophene rings is 1. The van der Waals surface area contributed by atoms with Crippen molar-refractivity contribution < 1.29 is 14.4 Å². The molecule has 1 atom stereocenters. The predicted molar refractivity (Wildman–Crippen MR) is 129 cm³/mol. The molecule has 3 heterocycles. The molecule has 1 N–H and O–H groups in total. The second kappa shape index (κ2) is 9.32. The zero-order valence-electron chi connectivity index (χ0n) is 18.1. The van der Waals surface area contributed by atoms with Gasteiger partial charge in [-0.1, -0.05) is 35.5 Å². The Morgan fingerprint density at radius 1 is 1.09 bits per heavy atom. The minimum Gasteiger partial charge on any atom is -0.491 e. The number of hydrogen-bond acceptors (Lipinski definition) is 7. The van der Waals surface area contributed by atoms with Crippen molar-refractivity contribution >= 4 is 27.3 Å². The summed E-state index contributed by atoms with van der Waals surface area (Å²) in [7, 11) is 0. The Morgan fingerprint density at radius 2 is 1.94 bits per heavy atom. The number of aromatic nitrogens is 1. The summed E-state index contributed by atoms with van der Waals surface area (Å²) >= 11 is 1.61. The van der Waals surface area contributed by atoms with Crippen LogP contribution in [0.4, 0.5) is 5.69 Å². The topological polar surface area (TPSA) is 62.0 Å². The third-order valence-electron chi connectivity index (χ3n) is 5.93. The molecule has 1 aliphatic heterocycles. The van der Waals surface area contributed by atoms with Crippen LogP contribution in [0.2, 0.25) is 0 Å². The molecule has 0 spiro atoms. The summed E-state index contributed by atoms with van der Waals surface area (Å²) in [5.74, 6) is 0.721. The summed E-state index contributed by atoms with van der Waals surface area (Å²) in [5.41, 5.74) is 5.19. The van der Waals surface area contributed by atoms with E-state index in [1.807, 2.05) is 35.7 Å². The highest BCUT2D eigenvalue weighted by Crippen LogP contribution is 2.33. The van der Waals surface area contributed by atoms with Gasteiger partial charge in [0.1, 0.15) is 28.9 Å². The molecule has 0 saturated carbocycles. The summed E-state index contributed by atoms with van der Waals surface area (Å²) in [6.45, 7) is 6.83. The molecule has 0 unspecified atom stereocenters. The quantitative estimate of drug-likeness (QED) is 0.451. The highest BCUT2D eigenvalue weighted by atomic mass is 32.1. The number of aryl methyl sites for hydroxylation is 1. The molecule has 0 bridgehead atoms. The molecule has 2 aromatic carbocycles. The minimum absolute atomic E-state index is 0.259. The van der Waals surface area contributed by atoms with Crippen molar-refractivity contribution in [2.24, 2.45) is 0 Å². The number of rotatable bonds is 7. The Balaban J connectivity index is 1.13. The Kier molecular flexibility index (Phi) is 6.12. The lowest BCUT2D eigenvalue weighted by atomic mass is 10.1. The maximum Gasteiger partial charge on any atom is 0.178 e. The number of para-hydroxylation sites is 1. The second-order valence-corrected chi connectivity index (χ2v) is 9.13. The fourth-order valence-corrected chi connectivity index (χ4v) is 5.04. The molecule has 1 fully saturated rings. The van der Waals surface area contributed by atoms with E-state index in [4.69, 9.17) is 9.26 Å². The maximum atomic E-state index is 10.6. The molecule has 2 aromatic heterocycles. The average molecular weight is 450 g/mol. The van der Waals surface area contributed by atoms with Gasteiger partial charge in [0.2, 0.25) is 0 Å². The van der Waals surface area contributed by atoms with Gasteiger partial charge < -0.3 is 19.3 Å². The molecular weight excluding hydrogens is 422 g/mol. The monoisotopic (exact) mass is 449 g/mol. The van der Waals surface area contributed by atoms with E-state index in [1.54, 1.807) is 11.3 Å². The zero-order valence-corrected chi connectivity index (χ0v) is 18.9. The number of aliphatic hydroxyl groups is 1. The van der Waals surface area contributed by atoms with Gasteiger partial charge in [0.05, 0.1) is 0 Å². The zero-order chi connectivity index (χ0) is 21.9. The van der Waals surface area contributed by atoms with Gasteiger partial charge in [-0.2, -0.15) is 0 Å². The van der Waals surface area contributed by atoms with E-state index in [0.29, 0.717) is 6.54 Å². The first-order valence-corrected chi connectivity index (χ1v) is 11.8. The lowest BCUT2D eigenvalue weighted by molar-refractivity contribution is 0.0663. The third kappa shape index (κ3) is 4.50. The summed E-state index contributed by atoms with van der Waals surface area (Å²) in [6, 6.07) is 18.2. The molecule has 6 nitrogen and oxygen atoms in total. The van der Waals surface area contributed by atoms with Crippen LogP contribution in [-0.2, 0) is 0 Å². The molecule has 1 saturated heterocycles. The van der Waals surface area contributed by atoms with Crippen LogP contribution in [0, 0.1) is 6.92 Å². The van der Waals surface area contributed by atoms with Crippen LogP contribution in [0.1, 0.15) is 5.56 Å². The lowest BCUT2D eigenvalue weighted by Crippen LogP contribution is -2.49. The van der Waals surface area contributed by atoms with Crippen molar-refractivity contribution in [3.05, 3.63) is 65.5 Å². The van der Waals surface area contributed by atoms with Gasteiger partial charge in [0, 0.05) is 44.0 Å². The molecule has 0 amide bonds. The molecule has 32 heavy (non-hydrogen) atoms. The highest BCUT2D eigenvalue weighted by Gasteiger charge is 2.20. The Hall–Kier alpha value is -2.87. The third-order valence-corrected chi connectivity index (χ3v) is 6.83. The summed E-state index contributed by atoms with van der Waals surface area (Å²) in [5, 5.41) is 16.7. The predicted octanol–water partition coefficient (Wildman–Crippen LogP) is 4.43. The number of aliphatic hydroxyl groups excluding tert-OH is 1. The maximum absolute atomic E-state index is 10.6. The fraction of sp³-hybridized carbons (Fsp3) is 0.320. The first-order valence-electron chi connectivity index (χ1n) is 10.9. The van der Waals surface area contributed by atoms with Crippen molar-refractivity contribution in [3.8, 4) is 17.0 Å². The first kappa shape index (κ1) is 21.0. The number of nitrogens with zero attached hydrogens (tertiary/aromatic N) is 3. The lowest BCUT2D eigenvalue weighted by Gasteiger charge is -2.37. The van der Waals surface area contributed by atoms with Gasteiger partial charge in [-0.25, -0.2) is 0 Å². The largest absolute Gasteiger partial charge is 0.491 e. The smallest absolute Gasteiger partial charge is 0.178 e. The highest BCUT2D eigenvalue weighted by molar-refractivity contribution is 7.17. The summed E-state index contributed by atoms with van der Waals surface area (Å²) < 4.78 is 12.3. The number of anilines is 1. The van der Waals surface area contributed by atoms with E-state index in [2.05, 4.69) is 46.1 Å². The van der Waals surface area contributed by atoms with Crippen molar-refractivity contribution in [2.75, 3.05) is 44.2 Å². The number of hydrogen-bond donors (Lipinski definition) is 1. The van der Waals surface area contributed by atoms with Crippen LogP contribution < -0.4 is 9.64 Å². The molecular formula is C25H27N3O3S. The average Bonchev–Trinajstić information content (AvgIpc) is 3.43. The number of benzene rings is 2. The van der Waals surface area contributed by atoms with Crippen molar-refractivity contribution in [1.82, 2.24) is 10.1 Å². The minimum atomic E-state index is -0.542. The number of ether oxygens (including phenoxy) is 1. The van der Waals surface area contributed by atoms with Gasteiger partial charge in [-0.15, -0.1) is 11.3 Å². The van der Waals surface area contributed by atoms with Gasteiger partial charge in [-0.05, 0) is 42.1 Å². The van der Waals surface area contributed by atoms with Crippen LogP contribution in [0.25, 0.3) is 21.5 Å². The van der Waals surface area contributed by atoms with E-state index < -0.39 is 6.10 Å². The van der Waals surface area contributed by atoms with Crippen LogP contribution in [0.3, 0.4) is 0 Å². The molecule has 5 rings (SSSR count). The van der Waals surface area contributed by atoms with Crippen molar-refractivity contribution in [1.29, 1.82) is 0 Å².